The van der Waals surface area contributed by atoms with E-state index in [1.165, 1.54) is 11.3 Å². The molecular formula is C14H12BrNO2S2. The van der Waals surface area contributed by atoms with E-state index in [0.717, 1.165) is 32.9 Å². The second kappa shape index (κ2) is 5.87. The predicted molar refractivity (Wildman–Crippen MR) is 84.8 cm³/mol. The third kappa shape index (κ3) is 3.07. The number of hydrogen-bond acceptors (Lipinski definition) is 4. The molecule has 1 aliphatic rings. The van der Waals surface area contributed by atoms with Crippen LogP contribution in [0.15, 0.2) is 33.6 Å². The van der Waals surface area contributed by atoms with Crippen molar-refractivity contribution >= 4 is 45.0 Å². The number of rotatable bonds is 5. The number of carbonyl (C=O) groups is 1. The molecule has 3 nitrogen and oxygen atoms in total. The van der Waals surface area contributed by atoms with E-state index < -0.39 is 5.97 Å². The number of aromatic nitrogens is 1. The average Bonchev–Trinajstić information content (AvgIpc) is 3.18. The molecule has 0 radical (unpaired) electrons. The minimum atomic E-state index is -0.846. The summed E-state index contributed by atoms with van der Waals surface area (Å²) in [5, 5.41) is 10.1. The van der Waals surface area contributed by atoms with Crippen molar-refractivity contribution in [1.29, 1.82) is 0 Å². The number of hydrogen-bond donors (Lipinski definition) is 1. The van der Waals surface area contributed by atoms with Crippen LogP contribution in [0, 0.1) is 0 Å². The maximum Gasteiger partial charge on any atom is 0.347 e. The first kappa shape index (κ1) is 14.1. The standard InChI is InChI=1S/C14H12BrNO2S2/c15-9-3-1-2-4-10(9)19-7-11-16-12(8-5-6-8)13(20-11)14(17)18/h1-4,8H,5-7H2,(H,17,18). The molecule has 20 heavy (non-hydrogen) atoms. The summed E-state index contributed by atoms with van der Waals surface area (Å²) in [7, 11) is 0. The summed E-state index contributed by atoms with van der Waals surface area (Å²) >= 11 is 6.50. The average molecular weight is 370 g/mol. The lowest BCUT2D eigenvalue weighted by molar-refractivity contribution is 0.0700. The number of aromatic carboxylic acids is 1. The van der Waals surface area contributed by atoms with Gasteiger partial charge in [-0.05, 0) is 40.9 Å². The lowest BCUT2D eigenvalue weighted by atomic mass is 10.2. The zero-order chi connectivity index (χ0) is 14.1. The highest BCUT2D eigenvalue weighted by molar-refractivity contribution is 9.10. The molecule has 1 saturated carbocycles. The Labute approximate surface area is 133 Å². The zero-order valence-electron chi connectivity index (χ0n) is 10.5. The second-order valence-electron chi connectivity index (χ2n) is 4.62. The molecule has 104 valence electrons. The van der Waals surface area contributed by atoms with Crippen LogP contribution in [0.1, 0.15) is 39.1 Å². The number of halogens is 1. The molecule has 2 aromatic rings. The van der Waals surface area contributed by atoms with Crippen molar-refractivity contribution in [1.82, 2.24) is 4.98 Å². The van der Waals surface area contributed by atoms with Gasteiger partial charge in [-0.2, -0.15) is 0 Å². The Morgan fingerprint density at radius 2 is 2.20 bits per heavy atom. The summed E-state index contributed by atoms with van der Waals surface area (Å²) in [4.78, 5) is 17.4. The highest BCUT2D eigenvalue weighted by Crippen LogP contribution is 2.43. The first-order chi connectivity index (χ1) is 9.65. The van der Waals surface area contributed by atoms with E-state index in [2.05, 4.69) is 20.9 Å². The summed E-state index contributed by atoms with van der Waals surface area (Å²) in [5.74, 6) is 0.237. The SMILES string of the molecule is O=C(O)c1sc(CSc2ccccc2Br)nc1C1CC1. The smallest absolute Gasteiger partial charge is 0.347 e. The third-order valence-corrected chi connectivity index (χ3v) is 6.32. The maximum absolute atomic E-state index is 11.3. The van der Waals surface area contributed by atoms with E-state index in [-0.39, 0.29) is 0 Å². The van der Waals surface area contributed by atoms with Crippen LogP contribution in [0.5, 0.6) is 0 Å². The van der Waals surface area contributed by atoms with E-state index in [9.17, 15) is 9.90 Å². The van der Waals surface area contributed by atoms with Gasteiger partial charge in [0.25, 0.3) is 0 Å². The molecule has 6 heteroatoms. The largest absolute Gasteiger partial charge is 0.477 e. The van der Waals surface area contributed by atoms with Gasteiger partial charge in [-0.3, -0.25) is 0 Å². The molecule has 0 aliphatic heterocycles. The molecule has 1 fully saturated rings. The number of thiazole rings is 1. The Balaban J connectivity index is 1.76. The van der Waals surface area contributed by atoms with Crippen molar-refractivity contribution < 1.29 is 9.90 Å². The summed E-state index contributed by atoms with van der Waals surface area (Å²) in [6, 6.07) is 8.02. The Morgan fingerprint density at radius 3 is 2.85 bits per heavy atom. The predicted octanol–water partition coefficient (Wildman–Crippen LogP) is 4.77. The number of nitrogens with zero attached hydrogens (tertiary/aromatic N) is 1. The van der Waals surface area contributed by atoms with Crippen molar-refractivity contribution in [3.63, 3.8) is 0 Å². The fourth-order valence-electron chi connectivity index (χ4n) is 1.93. The van der Waals surface area contributed by atoms with Gasteiger partial charge in [0, 0.05) is 15.3 Å². The van der Waals surface area contributed by atoms with Crippen molar-refractivity contribution in [3.05, 3.63) is 44.3 Å². The van der Waals surface area contributed by atoms with Crippen molar-refractivity contribution in [2.24, 2.45) is 0 Å². The van der Waals surface area contributed by atoms with Crippen molar-refractivity contribution in [3.8, 4) is 0 Å². The number of benzene rings is 1. The first-order valence-electron chi connectivity index (χ1n) is 6.25. The van der Waals surface area contributed by atoms with Crippen LogP contribution in [-0.2, 0) is 5.75 Å². The van der Waals surface area contributed by atoms with E-state index >= 15 is 0 Å². The molecule has 1 aromatic carbocycles. The van der Waals surface area contributed by atoms with Gasteiger partial charge in [0.05, 0.1) is 11.4 Å². The molecule has 1 aliphatic carbocycles. The van der Waals surface area contributed by atoms with E-state index in [0.29, 0.717) is 16.5 Å². The van der Waals surface area contributed by atoms with Crippen LogP contribution in [0.3, 0.4) is 0 Å². The van der Waals surface area contributed by atoms with Gasteiger partial charge in [0.1, 0.15) is 9.88 Å². The van der Waals surface area contributed by atoms with Crippen LogP contribution in [-0.4, -0.2) is 16.1 Å². The third-order valence-electron chi connectivity index (χ3n) is 3.04. The number of thioether (sulfide) groups is 1. The van der Waals surface area contributed by atoms with Gasteiger partial charge in [-0.25, -0.2) is 9.78 Å². The number of carboxylic acids is 1. The van der Waals surface area contributed by atoms with Crippen LogP contribution < -0.4 is 0 Å². The Kier molecular flexibility index (Phi) is 4.14. The second-order valence-corrected chi connectivity index (χ2v) is 7.58. The lowest BCUT2D eigenvalue weighted by Crippen LogP contribution is -1.97. The molecule has 0 bridgehead atoms. The molecular weight excluding hydrogens is 358 g/mol. The van der Waals surface area contributed by atoms with Gasteiger partial charge in [-0.15, -0.1) is 23.1 Å². The monoisotopic (exact) mass is 369 g/mol. The molecule has 3 rings (SSSR count). The summed E-state index contributed by atoms with van der Waals surface area (Å²) in [6.07, 6.45) is 2.14. The Morgan fingerprint density at radius 1 is 1.45 bits per heavy atom. The summed E-state index contributed by atoms with van der Waals surface area (Å²) in [5.41, 5.74) is 0.797. The molecule has 0 amide bonds. The molecule has 0 unspecified atom stereocenters. The highest BCUT2D eigenvalue weighted by atomic mass is 79.9. The van der Waals surface area contributed by atoms with Crippen molar-refractivity contribution in [2.75, 3.05) is 0 Å². The topological polar surface area (TPSA) is 50.2 Å². The highest BCUT2D eigenvalue weighted by Gasteiger charge is 2.31. The van der Waals surface area contributed by atoms with Crippen LogP contribution in [0.25, 0.3) is 0 Å². The van der Waals surface area contributed by atoms with Gasteiger partial charge >= 0.3 is 5.97 Å². The van der Waals surface area contributed by atoms with Crippen LogP contribution in [0.4, 0.5) is 0 Å². The molecule has 1 N–H and O–H groups in total. The minimum Gasteiger partial charge on any atom is -0.477 e. The molecule has 0 saturated heterocycles. The number of carboxylic acid groups (broad SMARTS) is 1. The summed E-state index contributed by atoms with van der Waals surface area (Å²) in [6.45, 7) is 0. The Hall–Kier alpha value is -0.850. The van der Waals surface area contributed by atoms with E-state index in [1.807, 2.05) is 24.3 Å². The molecule has 1 heterocycles. The summed E-state index contributed by atoms with van der Waals surface area (Å²) < 4.78 is 1.06. The normalized spacial score (nSPS) is 14.4. The quantitative estimate of drug-likeness (QED) is 0.770. The van der Waals surface area contributed by atoms with Gasteiger partial charge in [-0.1, -0.05) is 12.1 Å². The van der Waals surface area contributed by atoms with E-state index in [1.54, 1.807) is 11.8 Å². The minimum absolute atomic E-state index is 0.375. The van der Waals surface area contributed by atoms with Crippen LogP contribution >= 0.6 is 39.0 Å². The molecule has 0 spiro atoms. The Bertz CT molecular complexity index is 652. The molecule has 1 aromatic heterocycles. The lowest BCUT2D eigenvalue weighted by Gasteiger charge is -2.01. The first-order valence-corrected chi connectivity index (χ1v) is 8.85. The van der Waals surface area contributed by atoms with Crippen LogP contribution in [0.2, 0.25) is 0 Å². The zero-order valence-corrected chi connectivity index (χ0v) is 13.7. The van der Waals surface area contributed by atoms with Gasteiger partial charge in [0.15, 0.2) is 0 Å². The van der Waals surface area contributed by atoms with Gasteiger partial charge in [0.2, 0.25) is 0 Å². The molecule has 0 atom stereocenters. The fraction of sp³-hybridized carbons (Fsp3) is 0.286. The maximum atomic E-state index is 11.3. The van der Waals surface area contributed by atoms with Crippen molar-refractivity contribution in [2.45, 2.75) is 29.4 Å². The van der Waals surface area contributed by atoms with Gasteiger partial charge < -0.3 is 5.11 Å². The fourth-order valence-corrected chi connectivity index (χ4v) is 4.48. The van der Waals surface area contributed by atoms with E-state index in [4.69, 9.17) is 0 Å².